The van der Waals surface area contributed by atoms with Crippen LogP contribution >= 0.6 is 39.5 Å². The molecular formula is C19H9BrN2O6S2. The van der Waals surface area contributed by atoms with Crippen molar-refractivity contribution in [2.24, 2.45) is 4.99 Å². The van der Waals surface area contributed by atoms with Gasteiger partial charge in [-0.1, -0.05) is 15.9 Å². The SMILES string of the molecule is O=C1N=c2ccc(Br)cc2=C1c1sc(=S)n(-c2cc(C(=O)O)cc(C(=O)O)c2)c1O. The molecule has 1 amide bonds. The first-order valence-electron chi connectivity index (χ1n) is 8.17. The number of halogens is 1. The third kappa shape index (κ3) is 3.26. The minimum Gasteiger partial charge on any atom is -0.493 e. The molecule has 4 rings (SSSR count). The van der Waals surface area contributed by atoms with Gasteiger partial charge in [0.2, 0.25) is 5.88 Å². The summed E-state index contributed by atoms with van der Waals surface area (Å²) in [6.07, 6.45) is 0. The molecule has 8 nitrogen and oxygen atoms in total. The lowest BCUT2D eigenvalue weighted by Gasteiger charge is -2.08. The highest BCUT2D eigenvalue weighted by Gasteiger charge is 2.26. The Morgan fingerprint density at radius 2 is 1.70 bits per heavy atom. The minimum atomic E-state index is -1.33. The number of aromatic nitrogens is 1. The molecule has 30 heavy (non-hydrogen) atoms. The number of thiazole rings is 1. The van der Waals surface area contributed by atoms with Crippen molar-refractivity contribution in [1.29, 1.82) is 0 Å². The number of aromatic hydroxyl groups is 1. The lowest BCUT2D eigenvalue weighted by atomic mass is 10.1. The second-order valence-electron chi connectivity index (χ2n) is 6.19. The summed E-state index contributed by atoms with van der Waals surface area (Å²) in [7, 11) is 0. The Kier molecular flexibility index (Phi) is 4.88. The van der Waals surface area contributed by atoms with Gasteiger partial charge in [-0.15, -0.1) is 11.3 Å². The van der Waals surface area contributed by atoms with E-state index < -0.39 is 23.7 Å². The summed E-state index contributed by atoms with van der Waals surface area (Å²) in [6, 6.07) is 8.47. The number of fused-ring (bicyclic) bond motifs is 1. The van der Waals surface area contributed by atoms with Crippen LogP contribution in [0.5, 0.6) is 5.88 Å². The van der Waals surface area contributed by atoms with Gasteiger partial charge >= 0.3 is 11.9 Å². The number of carbonyl (C=O) groups is 3. The van der Waals surface area contributed by atoms with E-state index in [1.165, 1.54) is 12.1 Å². The quantitative estimate of drug-likeness (QED) is 0.465. The van der Waals surface area contributed by atoms with Gasteiger partial charge in [0, 0.05) is 9.69 Å². The third-order valence-electron chi connectivity index (χ3n) is 4.35. The van der Waals surface area contributed by atoms with Crippen molar-refractivity contribution in [3.63, 3.8) is 0 Å². The van der Waals surface area contributed by atoms with Crippen LogP contribution in [0.1, 0.15) is 25.6 Å². The molecule has 0 radical (unpaired) electrons. The Morgan fingerprint density at radius 3 is 2.30 bits per heavy atom. The predicted molar refractivity (Wildman–Crippen MR) is 113 cm³/mol. The van der Waals surface area contributed by atoms with E-state index in [-0.39, 0.29) is 31.2 Å². The van der Waals surface area contributed by atoms with Crippen LogP contribution < -0.4 is 10.6 Å². The van der Waals surface area contributed by atoms with Gasteiger partial charge in [0.05, 0.1) is 27.7 Å². The maximum atomic E-state index is 12.5. The topological polar surface area (TPSA) is 129 Å². The van der Waals surface area contributed by atoms with E-state index in [4.69, 9.17) is 12.2 Å². The van der Waals surface area contributed by atoms with Gasteiger partial charge in [-0.05, 0) is 48.6 Å². The number of nitrogens with zero attached hydrogens (tertiary/aromatic N) is 2. The van der Waals surface area contributed by atoms with Gasteiger partial charge in [-0.2, -0.15) is 0 Å². The fraction of sp³-hybridized carbons (Fsp3) is 0. The van der Waals surface area contributed by atoms with Gasteiger partial charge in [0.25, 0.3) is 5.91 Å². The summed E-state index contributed by atoms with van der Waals surface area (Å²) in [6.45, 7) is 0. The number of hydrogen-bond donors (Lipinski definition) is 3. The van der Waals surface area contributed by atoms with Gasteiger partial charge in [0.1, 0.15) is 4.88 Å². The van der Waals surface area contributed by atoms with Crippen LogP contribution in [0.15, 0.2) is 45.9 Å². The van der Waals surface area contributed by atoms with Gasteiger partial charge in [-0.3, -0.25) is 9.36 Å². The van der Waals surface area contributed by atoms with E-state index in [2.05, 4.69) is 20.9 Å². The molecule has 0 bridgehead atoms. The monoisotopic (exact) mass is 504 g/mol. The second-order valence-corrected chi connectivity index (χ2v) is 8.75. The van der Waals surface area contributed by atoms with Crippen molar-refractivity contribution in [3.8, 4) is 11.6 Å². The van der Waals surface area contributed by atoms with Crippen LogP contribution in [0.4, 0.5) is 0 Å². The molecule has 2 heterocycles. The Balaban J connectivity index is 2.00. The summed E-state index contributed by atoms with van der Waals surface area (Å²) in [5, 5.41) is 30.4. The first-order chi connectivity index (χ1) is 14.2. The number of carboxylic acids is 2. The van der Waals surface area contributed by atoms with Crippen molar-refractivity contribution in [3.05, 3.63) is 71.4 Å². The molecule has 0 spiro atoms. The highest BCUT2D eigenvalue weighted by atomic mass is 79.9. The summed E-state index contributed by atoms with van der Waals surface area (Å²) < 4.78 is 1.95. The Morgan fingerprint density at radius 1 is 1.07 bits per heavy atom. The maximum absolute atomic E-state index is 12.5. The molecule has 0 fully saturated rings. The number of rotatable bonds is 4. The molecule has 3 aromatic rings. The number of aromatic carboxylic acids is 2. The summed E-state index contributed by atoms with van der Waals surface area (Å²) >= 11 is 9.60. The molecule has 0 saturated heterocycles. The first kappa shape index (κ1) is 20.1. The number of hydrogen-bond acceptors (Lipinski definition) is 6. The average molecular weight is 505 g/mol. The highest BCUT2D eigenvalue weighted by Crippen LogP contribution is 2.35. The Hall–Kier alpha value is -3.15. The van der Waals surface area contributed by atoms with E-state index in [1.807, 2.05) is 0 Å². The van der Waals surface area contributed by atoms with Crippen LogP contribution in [-0.4, -0.2) is 37.7 Å². The van der Waals surface area contributed by atoms with Gasteiger partial charge in [-0.25, -0.2) is 14.6 Å². The smallest absolute Gasteiger partial charge is 0.335 e. The molecule has 0 aliphatic carbocycles. The van der Waals surface area contributed by atoms with Crippen molar-refractivity contribution < 1.29 is 29.7 Å². The molecule has 150 valence electrons. The summed E-state index contributed by atoms with van der Waals surface area (Å²) in [5.41, 5.74) is -0.359. The standard InChI is InChI=1S/C19H9BrN2O6S2/c20-9-1-2-12-11(6-9)13(15(23)21-12)14-16(24)22(19(29)30-14)10-4-7(17(25)26)3-8(5-10)18(27)28/h1-6,24H,(H,25,26)(H,27,28). The largest absolute Gasteiger partial charge is 0.493 e. The zero-order chi connectivity index (χ0) is 21.7. The fourth-order valence-corrected chi connectivity index (χ4v) is 4.79. The maximum Gasteiger partial charge on any atom is 0.335 e. The zero-order valence-corrected chi connectivity index (χ0v) is 17.8. The number of amides is 1. The fourth-order valence-electron chi connectivity index (χ4n) is 3.05. The van der Waals surface area contributed by atoms with Crippen LogP contribution in [0, 0.1) is 3.95 Å². The van der Waals surface area contributed by atoms with Crippen molar-refractivity contribution in [2.75, 3.05) is 0 Å². The van der Waals surface area contributed by atoms with Crippen LogP contribution in [0.2, 0.25) is 0 Å². The van der Waals surface area contributed by atoms with E-state index >= 15 is 0 Å². The molecule has 0 atom stereocenters. The molecule has 2 aromatic carbocycles. The van der Waals surface area contributed by atoms with E-state index in [9.17, 15) is 29.7 Å². The zero-order valence-electron chi connectivity index (χ0n) is 14.6. The van der Waals surface area contributed by atoms with Crippen molar-refractivity contribution >= 4 is 62.9 Å². The van der Waals surface area contributed by atoms with Crippen LogP contribution in [0.25, 0.3) is 11.3 Å². The molecule has 1 aromatic heterocycles. The third-order valence-corrected chi connectivity index (χ3v) is 6.22. The van der Waals surface area contributed by atoms with Crippen molar-refractivity contribution in [1.82, 2.24) is 4.57 Å². The molecule has 1 aliphatic rings. The van der Waals surface area contributed by atoms with Crippen LogP contribution in [0.3, 0.4) is 0 Å². The normalized spacial score (nSPS) is 12.6. The predicted octanol–water partition coefficient (Wildman–Crippen LogP) is 2.49. The molecule has 1 aliphatic heterocycles. The average Bonchev–Trinajstić information content (AvgIpc) is 3.15. The lowest BCUT2D eigenvalue weighted by molar-refractivity contribution is -0.112. The molecular weight excluding hydrogens is 496 g/mol. The van der Waals surface area contributed by atoms with E-state index in [1.54, 1.807) is 18.2 Å². The van der Waals surface area contributed by atoms with E-state index in [0.29, 0.717) is 15.0 Å². The van der Waals surface area contributed by atoms with Gasteiger partial charge < -0.3 is 15.3 Å². The lowest BCUT2D eigenvalue weighted by Crippen LogP contribution is -2.22. The number of carboxylic acid groups (broad SMARTS) is 2. The molecule has 3 N–H and O–H groups in total. The Bertz CT molecular complexity index is 1440. The molecule has 0 unspecified atom stereocenters. The molecule has 11 heteroatoms. The van der Waals surface area contributed by atoms with Crippen LogP contribution in [-0.2, 0) is 4.79 Å². The highest BCUT2D eigenvalue weighted by molar-refractivity contribution is 9.10. The first-order valence-corrected chi connectivity index (χ1v) is 10.2. The van der Waals surface area contributed by atoms with E-state index in [0.717, 1.165) is 22.0 Å². The summed E-state index contributed by atoms with van der Waals surface area (Å²) in [4.78, 5) is 39.5. The molecule has 0 saturated carbocycles. The van der Waals surface area contributed by atoms with Gasteiger partial charge in [0.15, 0.2) is 3.95 Å². The number of carbonyl (C=O) groups excluding carboxylic acids is 1. The minimum absolute atomic E-state index is 0.0507. The van der Waals surface area contributed by atoms with Crippen molar-refractivity contribution in [2.45, 2.75) is 0 Å². The second kappa shape index (κ2) is 7.27. The Labute approximate surface area is 184 Å². The number of benzene rings is 2. The summed E-state index contributed by atoms with van der Waals surface area (Å²) in [5.74, 6) is -3.62.